The summed E-state index contributed by atoms with van der Waals surface area (Å²) in [6.45, 7) is 2.36. The Kier molecular flexibility index (Phi) is 6.97. The highest BCUT2D eigenvalue weighted by Crippen LogP contribution is 2.14. The predicted octanol–water partition coefficient (Wildman–Crippen LogP) is 2.82. The fraction of sp³-hybridized carbons (Fsp3) is 0.250. The first-order valence-corrected chi connectivity index (χ1v) is 10.9. The van der Waals surface area contributed by atoms with Gasteiger partial charge in [-0.15, -0.1) is 0 Å². The van der Waals surface area contributed by atoms with Crippen LogP contribution in [-0.2, 0) is 11.2 Å². The zero-order valence-corrected chi connectivity index (χ0v) is 18.3. The Morgan fingerprint density at radius 1 is 0.906 bits per heavy atom. The van der Waals surface area contributed by atoms with Gasteiger partial charge in [0, 0.05) is 55.6 Å². The van der Waals surface area contributed by atoms with Crippen molar-refractivity contribution >= 4 is 29.4 Å². The van der Waals surface area contributed by atoms with E-state index in [9.17, 15) is 9.59 Å². The van der Waals surface area contributed by atoms with Crippen LogP contribution >= 0.6 is 11.6 Å². The van der Waals surface area contributed by atoms with Crippen molar-refractivity contribution in [3.05, 3.63) is 89.2 Å². The topological polar surface area (TPSA) is 78.4 Å². The number of hydrogen-bond acceptors (Lipinski definition) is 5. The number of nitrogens with one attached hydrogen (secondary N) is 1. The van der Waals surface area contributed by atoms with Gasteiger partial charge in [-0.2, -0.15) is 0 Å². The number of hydrogen-bond donors (Lipinski definition) is 1. The van der Waals surface area contributed by atoms with Gasteiger partial charge in [-0.3, -0.25) is 9.59 Å². The van der Waals surface area contributed by atoms with Crippen LogP contribution in [0.3, 0.4) is 0 Å². The van der Waals surface area contributed by atoms with Gasteiger partial charge in [0.1, 0.15) is 6.04 Å². The van der Waals surface area contributed by atoms with Crippen molar-refractivity contribution in [3.8, 4) is 0 Å². The minimum atomic E-state index is -0.667. The van der Waals surface area contributed by atoms with Gasteiger partial charge in [0.25, 0.3) is 5.91 Å². The number of piperazine rings is 1. The van der Waals surface area contributed by atoms with Crippen LogP contribution in [0.25, 0.3) is 0 Å². The largest absolute Gasteiger partial charge is 0.340 e. The lowest BCUT2D eigenvalue weighted by atomic mass is 10.0. The highest BCUT2D eigenvalue weighted by molar-refractivity contribution is 6.30. The second kappa shape index (κ2) is 10.2. The van der Waals surface area contributed by atoms with E-state index >= 15 is 0 Å². The fourth-order valence-corrected chi connectivity index (χ4v) is 3.82. The van der Waals surface area contributed by atoms with E-state index in [4.69, 9.17) is 11.6 Å². The summed E-state index contributed by atoms with van der Waals surface area (Å²) in [5.41, 5.74) is 1.45. The Bertz CT molecular complexity index is 1040. The Balaban J connectivity index is 1.46. The first-order valence-electron chi connectivity index (χ1n) is 10.5. The molecule has 1 saturated heterocycles. The molecule has 1 aliphatic rings. The van der Waals surface area contributed by atoms with Crippen LogP contribution < -0.4 is 10.2 Å². The Morgan fingerprint density at radius 3 is 2.22 bits per heavy atom. The molecule has 7 nitrogen and oxygen atoms in total. The van der Waals surface area contributed by atoms with E-state index in [-0.39, 0.29) is 11.8 Å². The molecule has 1 fully saturated rings. The summed E-state index contributed by atoms with van der Waals surface area (Å²) >= 11 is 5.93. The first kappa shape index (κ1) is 21.8. The molecular weight excluding hydrogens is 426 g/mol. The van der Waals surface area contributed by atoms with Crippen LogP contribution in [0.4, 0.5) is 5.95 Å². The smallest absolute Gasteiger partial charge is 0.251 e. The molecule has 2 amide bonds. The van der Waals surface area contributed by atoms with Crippen molar-refractivity contribution in [2.45, 2.75) is 12.5 Å². The molecule has 3 aromatic rings. The lowest BCUT2D eigenvalue weighted by Gasteiger charge is -2.36. The van der Waals surface area contributed by atoms with Gasteiger partial charge in [-0.1, -0.05) is 41.9 Å². The Hall–Kier alpha value is -3.45. The van der Waals surface area contributed by atoms with Crippen molar-refractivity contribution < 1.29 is 9.59 Å². The zero-order valence-electron chi connectivity index (χ0n) is 17.5. The predicted molar refractivity (Wildman–Crippen MR) is 124 cm³/mol. The number of nitrogens with zero attached hydrogens (tertiary/aromatic N) is 4. The molecule has 1 aliphatic heterocycles. The summed E-state index contributed by atoms with van der Waals surface area (Å²) in [5, 5.41) is 3.48. The number of rotatable bonds is 6. The third-order valence-electron chi connectivity index (χ3n) is 5.42. The molecule has 2 aromatic carbocycles. The average molecular weight is 450 g/mol. The molecule has 0 aliphatic carbocycles. The van der Waals surface area contributed by atoms with E-state index in [1.165, 1.54) is 0 Å². The molecule has 1 atom stereocenters. The SMILES string of the molecule is O=C(NC(Cc1ccccc1)C(=O)N1CCN(c2ncccn2)CC1)c1ccc(Cl)cc1. The number of carbonyl (C=O) groups is 2. The minimum Gasteiger partial charge on any atom is -0.340 e. The Labute approximate surface area is 192 Å². The number of amides is 2. The van der Waals surface area contributed by atoms with Crippen LogP contribution in [0.2, 0.25) is 5.02 Å². The number of benzene rings is 2. The Morgan fingerprint density at radius 2 is 1.56 bits per heavy atom. The van der Waals surface area contributed by atoms with E-state index < -0.39 is 6.04 Å². The monoisotopic (exact) mass is 449 g/mol. The summed E-state index contributed by atoms with van der Waals surface area (Å²) < 4.78 is 0. The van der Waals surface area contributed by atoms with Crippen molar-refractivity contribution in [1.82, 2.24) is 20.2 Å². The van der Waals surface area contributed by atoms with E-state index in [0.717, 1.165) is 5.56 Å². The normalized spacial score (nSPS) is 14.7. The van der Waals surface area contributed by atoms with Gasteiger partial charge in [0.15, 0.2) is 0 Å². The summed E-state index contributed by atoms with van der Waals surface area (Å²) in [6, 6.07) is 17.4. The maximum absolute atomic E-state index is 13.4. The standard InChI is InChI=1S/C24H24ClN5O2/c25-20-9-7-19(8-10-20)22(31)28-21(17-18-5-2-1-3-6-18)23(32)29-13-15-30(16-14-29)24-26-11-4-12-27-24/h1-12,21H,13-17H2,(H,28,31). The van der Waals surface area contributed by atoms with Gasteiger partial charge in [-0.25, -0.2) is 9.97 Å². The molecule has 4 rings (SSSR count). The maximum Gasteiger partial charge on any atom is 0.251 e. The second-order valence-corrected chi connectivity index (χ2v) is 8.02. The number of anilines is 1. The maximum atomic E-state index is 13.4. The van der Waals surface area contributed by atoms with Crippen LogP contribution in [0.15, 0.2) is 73.1 Å². The summed E-state index contributed by atoms with van der Waals surface area (Å²) in [7, 11) is 0. The molecule has 1 aromatic heterocycles. The van der Waals surface area contributed by atoms with Crippen molar-refractivity contribution in [1.29, 1.82) is 0 Å². The van der Waals surface area contributed by atoms with Crippen LogP contribution in [0.1, 0.15) is 15.9 Å². The van der Waals surface area contributed by atoms with Crippen LogP contribution in [-0.4, -0.2) is 58.9 Å². The third-order valence-corrected chi connectivity index (χ3v) is 5.67. The molecule has 32 heavy (non-hydrogen) atoms. The minimum absolute atomic E-state index is 0.0928. The quantitative estimate of drug-likeness (QED) is 0.626. The first-order chi connectivity index (χ1) is 15.6. The van der Waals surface area contributed by atoms with Crippen molar-refractivity contribution in [2.75, 3.05) is 31.1 Å². The van der Waals surface area contributed by atoms with Gasteiger partial charge in [0.05, 0.1) is 0 Å². The second-order valence-electron chi connectivity index (χ2n) is 7.58. The van der Waals surface area contributed by atoms with E-state index in [2.05, 4.69) is 20.2 Å². The van der Waals surface area contributed by atoms with Crippen LogP contribution in [0.5, 0.6) is 0 Å². The number of aromatic nitrogens is 2. The lowest BCUT2D eigenvalue weighted by Crippen LogP contribution is -2.55. The van der Waals surface area contributed by atoms with E-state index in [1.807, 2.05) is 30.3 Å². The molecule has 1 unspecified atom stereocenters. The van der Waals surface area contributed by atoms with E-state index in [1.54, 1.807) is 47.6 Å². The zero-order chi connectivity index (χ0) is 22.3. The molecule has 0 bridgehead atoms. The average Bonchev–Trinajstić information content (AvgIpc) is 2.85. The number of halogens is 1. The molecule has 0 saturated carbocycles. The summed E-state index contributed by atoms with van der Waals surface area (Å²) in [6.07, 6.45) is 3.84. The molecule has 2 heterocycles. The molecule has 8 heteroatoms. The fourth-order valence-electron chi connectivity index (χ4n) is 3.69. The van der Waals surface area contributed by atoms with Crippen LogP contribution in [0, 0.1) is 0 Å². The number of carbonyl (C=O) groups excluding carboxylic acids is 2. The lowest BCUT2D eigenvalue weighted by molar-refractivity contribution is -0.133. The third kappa shape index (κ3) is 5.42. The molecule has 0 spiro atoms. The molecular formula is C24H24ClN5O2. The summed E-state index contributed by atoms with van der Waals surface area (Å²) in [4.78, 5) is 38.7. The van der Waals surface area contributed by atoms with Gasteiger partial charge in [0.2, 0.25) is 11.9 Å². The highest BCUT2D eigenvalue weighted by Gasteiger charge is 2.29. The molecule has 164 valence electrons. The molecule has 1 N–H and O–H groups in total. The highest BCUT2D eigenvalue weighted by atomic mass is 35.5. The van der Waals surface area contributed by atoms with Gasteiger partial charge in [-0.05, 0) is 35.9 Å². The van der Waals surface area contributed by atoms with Gasteiger partial charge < -0.3 is 15.1 Å². The summed E-state index contributed by atoms with van der Waals surface area (Å²) in [5.74, 6) is 0.272. The van der Waals surface area contributed by atoms with Crippen molar-refractivity contribution in [2.24, 2.45) is 0 Å². The van der Waals surface area contributed by atoms with Gasteiger partial charge >= 0.3 is 0 Å². The van der Waals surface area contributed by atoms with E-state index in [0.29, 0.717) is 49.1 Å². The van der Waals surface area contributed by atoms with Crippen molar-refractivity contribution in [3.63, 3.8) is 0 Å². The molecule has 0 radical (unpaired) electrons.